The summed E-state index contributed by atoms with van der Waals surface area (Å²) in [5.74, 6) is 1.47. The summed E-state index contributed by atoms with van der Waals surface area (Å²) in [6.45, 7) is 0.770. The Hall–Kier alpha value is -1.42. The molecule has 16 heavy (non-hydrogen) atoms. The zero-order valence-corrected chi connectivity index (χ0v) is 9.31. The molecular formula is C11H10ClN3O. The maximum Gasteiger partial charge on any atom is 0.158 e. The van der Waals surface area contributed by atoms with Crippen LogP contribution in [-0.2, 0) is 0 Å². The van der Waals surface area contributed by atoms with Gasteiger partial charge in [-0.25, -0.2) is 15.0 Å². The fourth-order valence-corrected chi connectivity index (χ4v) is 1.66. The highest BCUT2D eigenvalue weighted by Crippen LogP contribution is 2.30. The first-order valence-corrected chi connectivity index (χ1v) is 5.60. The Morgan fingerprint density at radius 3 is 3.00 bits per heavy atom. The van der Waals surface area contributed by atoms with E-state index in [1.165, 1.54) is 19.2 Å². The Morgan fingerprint density at radius 2 is 2.19 bits per heavy atom. The van der Waals surface area contributed by atoms with E-state index >= 15 is 0 Å². The van der Waals surface area contributed by atoms with Crippen LogP contribution in [0.3, 0.4) is 0 Å². The third-order valence-electron chi connectivity index (χ3n) is 2.59. The molecule has 4 nitrogen and oxygen atoms in total. The maximum absolute atomic E-state index is 5.89. The van der Waals surface area contributed by atoms with Crippen molar-refractivity contribution in [3.63, 3.8) is 0 Å². The first-order valence-electron chi connectivity index (χ1n) is 5.22. The molecule has 2 aromatic heterocycles. The molecule has 1 aliphatic rings. The van der Waals surface area contributed by atoms with E-state index in [1.807, 2.05) is 6.07 Å². The second kappa shape index (κ2) is 3.87. The molecule has 0 unspecified atom stereocenters. The second-order valence-corrected chi connectivity index (χ2v) is 4.32. The van der Waals surface area contributed by atoms with Crippen molar-refractivity contribution >= 4 is 22.6 Å². The summed E-state index contributed by atoms with van der Waals surface area (Å²) in [4.78, 5) is 12.2. The predicted molar refractivity (Wildman–Crippen MR) is 60.6 cm³/mol. The number of fused-ring (bicyclic) bond motifs is 1. The number of hydrogen-bond acceptors (Lipinski definition) is 4. The van der Waals surface area contributed by atoms with Crippen LogP contribution in [0.15, 0.2) is 18.6 Å². The van der Waals surface area contributed by atoms with Crippen molar-refractivity contribution in [2.45, 2.75) is 12.8 Å². The minimum Gasteiger partial charge on any atom is -0.492 e. The summed E-state index contributed by atoms with van der Waals surface area (Å²) in [6, 6.07) is 1.85. The molecule has 0 N–H and O–H groups in total. The minimum absolute atomic E-state index is 0.374. The van der Waals surface area contributed by atoms with Gasteiger partial charge in [-0.15, -0.1) is 0 Å². The first kappa shape index (κ1) is 9.78. The molecule has 0 aromatic carbocycles. The van der Waals surface area contributed by atoms with Gasteiger partial charge in [0.2, 0.25) is 0 Å². The standard InChI is InChI=1S/C11H10ClN3O/c12-11-10-9(14-6-15-11)3-8(4-13-10)16-5-7-1-2-7/h3-4,6-7H,1-2,5H2. The number of pyridine rings is 1. The van der Waals surface area contributed by atoms with Gasteiger partial charge in [-0.3, -0.25) is 0 Å². The van der Waals surface area contributed by atoms with E-state index in [9.17, 15) is 0 Å². The lowest BCUT2D eigenvalue weighted by molar-refractivity contribution is 0.299. The van der Waals surface area contributed by atoms with E-state index in [0.29, 0.717) is 16.2 Å². The van der Waals surface area contributed by atoms with E-state index < -0.39 is 0 Å². The van der Waals surface area contributed by atoms with Gasteiger partial charge < -0.3 is 4.74 Å². The smallest absolute Gasteiger partial charge is 0.158 e. The fourth-order valence-electron chi connectivity index (χ4n) is 1.47. The molecule has 0 spiro atoms. The third-order valence-corrected chi connectivity index (χ3v) is 2.87. The zero-order valence-electron chi connectivity index (χ0n) is 8.56. The van der Waals surface area contributed by atoms with Crippen LogP contribution in [0.4, 0.5) is 0 Å². The molecule has 0 aliphatic heterocycles. The monoisotopic (exact) mass is 235 g/mol. The van der Waals surface area contributed by atoms with E-state index in [-0.39, 0.29) is 0 Å². The van der Waals surface area contributed by atoms with Gasteiger partial charge in [-0.05, 0) is 18.8 Å². The van der Waals surface area contributed by atoms with E-state index in [1.54, 1.807) is 6.20 Å². The number of halogens is 1. The normalized spacial score (nSPS) is 15.3. The fraction of sp³-hybridized carbons (Fsp3) is 0.364. The van der Waals surface area contributed by atoms with Gasteiger partial charge in [0, 0.05) is 6.07 Å². The highest BCUT2D eigenvalue weighted by Gasteiger charge is 2.22. The molecule has 0 atom stereocenters. The molecule has 1 aliphatic carbocycles. The SMILES string of the molecule is Clc1ncnc2cc(OCC3CC3)cnc12. The van der Waals surface area contributed by atoms with Gasteiger partial charge >= 0.3 is 0 Å². The quantitative estimate of drug-likeness (QED) is 0.767. The van der Waals surface area contributed by atoms with E-state index in [4.69, 9.17) is 16.3 Å². The van der Waals surface area contributed by atoms with Gasteiger partial charge in [0.15, 0.2) is 5.15 Å². The van der Waals surface area contributed by atoms with Crippen LogP contribution in [0.2, 0.25) is 5.15 Å². The first-order chi connectivity index (χ1) is 7.83. The highest BCUT2D eigenvalue weighted by atomic mass is 35.5. The zero-order chi connectivity index (χ0) is 11.0. The summed E-state index contributed by atoms with van der Waals surface area (Å²) in [7, 11) is 0. The number of aromatic nitrogens is 3. The predicted octanol–water partition coefficient (Wildman–Crippen LogP) is 2.47. The van der Waals surface area contributed by atoms with Gasteiger partial charge in [-0.2, -0.15) is 0 Å². The van der Waals surface area contributed by atoms with Crippen molar-refractivity contribution in [3.05, 3.63) is 23.7 Å². The minimum atomic E-state index is 0.374. The molecule has 3 rings (SSSR count). The molecule has 1 saturated carbocycles. The van der Waals surface area contributed by atoms with Crippen LogP contribution >= 0.6 is 11.6 Å². The Bertz CT molecular complexity index is 528. The summed E-state index contributed by atoms with van der Waals surface area (Å²) < 4.78 is 5.61. The van der Waals surface area contributed by atoms with Crippen LogP contribution in [0, 0.1) is 5.92 Å². The number of hydrogen-bond donors (Lipinski definition) is 0. The summed E-state index contributed by atoms with van der Waals surface area (Å²) in [5, 5.41) is 0.374. The average Bonchev–Trinajstić information content (AvgIpc) is 3.10. The Morgan fingerprint density at radius 1 is 1.31 bits per heavy atom. The third kappa shape index (κ3) is 1.93. The van der Waals surface area contributed by atoms with Crippen LogP contribution in [0.1, 0.15) is 12.8 Å². The summed E-state index contributed by atoms with van der Waals surface area (Å²) in [5.41, 5.74) is 1.33. The van der Waals surface area contributed by atoms with Gasteiger partial charge in [0.25, 0.3) is 0 Å². The topological polar surface area (TPSA) is 47.9 Å². The molecule has 0 radical (unpaired) electrons. The van der Waals surface area contributed by atoms with Crippen LogP contribution in [0.25, 0.3) is 11.0 Å². The van der Waals surface area contributed by atoms with Crippen molar-refractivity contribution < 1.29 is 4.74 Å². The van der Waals surface area contributed by atoms with Crippen molar-refractivity contribution in [3.8, 4) is 5.75 Å². The number of nitrogens with zero attached hydrogens (tertiary/aromatic N) is 3. The lowest BCUT2D eigenvalue weighted by Gasteiger charge is -2.05. The average molecular weight is 236 g/mol. The van der Waals surface area contributed by atoms with E-state index in [2.05, 4.69) is 15.0 Å². The van der Waals surface area contributed by atoms with Crippen LogP contribution in [0.5, 0.6) is 5.75 Å². The highest BCUT2D eigenvalue weighted by molar-refractivity contribution is 6.33. The van der Waals surface area contributed by atoms with Gasteiger partial charge in [-0.1, -0.05) is 11.6 Å². The molecule has 1 fully saturated rings. The number of ether oxygens (including phenoxy) is 1. The van der Waals surface area contributed by atoms with Gasteiger partial charge in [0.05, 0.1) is 18.3 Å². The molecular weight excluding hydrogens is 226 g/mol. The number of rotatable bonds is 3. The van der Waals surface area contributed by atoms with E-state index in [0.717, 1.165) is 18.3 Å². The molecule has 5 heteroatoms. The maximum atomic E-state index is 5.89. The molecule has 2 heterocycles. The lowest BCUT2D eigenvalue weighted by Crippen LogP contribution is -1.99. The van der Waals surface area contributed by atoms with Crippen LogP contribution < -0.4 is 4.74 Å². The summed E-state index contributed by atoms with van der Waals surface area (Å²) >= 11 is 5.89. The van der Waals surface area contributed by atoms with Crippen molar-refractivity contribution in [1.82, 2.24) is 15.0 Å². The van der Waals surface area contributed by atoms with Crippen LogP contribution in [-0.4, -0.2) is 21.6 Å². The molecule has 0 saturated heterocycles. The molecule has 82 valence electrons. The van der Waals surface area contributed by atoms with Crippen molar-refractivity contribution in [1.29, 1.82) is 0 Å². The van der Waals surface area contributed by atoms with Crippen molar-refractivity contribution in [2.75, 3.05) is 6.61 Å². The largest absolute Gasteiger partial charge is 0.492 e. The Kier molecular flexibility index (Phi) is 2.36. The Balaban J connectivity index is 1.89. The second-order valence-electron chi connectivity index (χ2n) is 3.96. The van der Waals surface area contributed by atoms with Crippen molar-refractivity contribution in [2.24, 2.45) is 5.92 Å². The van der Waals surface area contributed by atoms with Gasteiger partial charge in [0.1, 0.15) is 17.6 Å². The Labute approximate surface area is 97.6 Å². The molecule has 2 aromatic rings. The summed E-state index contributed by atoms with van der Waals surface area (Å²) in [6.07, 6.45) is 5.64. The molecule has 0 bridgehead atoms. The lowest BCUT2D eigenvalue weighted by atomic mass is 10.3. The molecule has 0 amide bonds.